The van der Waals surface area contributed by atoms with E-state index >= 15 is 0 Å². The summed E-state index contributed by atoms with van der Waals surface area (Å²) in [6.07, 6.45) is 9.32. The maximum atomic E-state index is 6.78. The Morgan fingerprint density at radius 3 is 2.95 bits per heavy atom. The highest BCUT2D eigenvalue weighted by molar-refractivity contribution is 7.10. The smallest absolute Gasteiger partial charge is 0.0482 e. The van der Waals surface area contributed by atoms with E-state index in [0.29, 0.717) is 11.8 Å². The van der Waals surface area contributed by atoms with E-state index in [2.05, 4.69) is 28.6 Å². The van der Waals surface area contributed by atoms with Gasteiger partial charge in [-0.1, -0.05) is 6.07 Å². The van der Waals surface area contributed by atoms with Crippen LogP contribution in [-0.4, -0.2) is 11.0 Å². The largest absolute Gasteiger partial charge is 0.327 e. The molecule has 3 heteroatoms. The first-order valence-corrected chi connectivity index (χ1v) is 8.98. The molecular formula is C18H22N2S. The number of aromatic nitrogens is 1. The molecule has 2 aromatic rings. The SMILES string of the molecule is NC(C1CCCc2sccc21)C1CCCc2cccnc21. The predicted octanol–water partition coefficient (Wildman–Crippen LogP) is 4.01. The molecule has 0 amide bonds. The van der Waals surface area contributed by atoms with E-state index in [1.54, 1.807) is 4.88 Å². The molecule has 21 heavy (non-hydrogen) atoms. The fourth-order valence-corrected chi connectivity index (χ4v) is 5.22. The summed E-state index contributed by atoms with van der Waals surface area (Å²) >= 11 is 1.91. The van der Waals surface area contributed by atoms with Crippen molar-refractivity contribution in [1.82, 2.24) is 4.98 Å². The Morgan fingerprint density at radius 1 is 1.14 bits per heavy atom. The topological polar surface area (TPSA) is 38.9 Å². The van der Waals surface area contributed by atoms with Crippen molar-refractivity contribution in [2.75, 3.05) is 0 Å². The summed E-state index contributed by atoms with van der Waals surface area (Å²) in [6, 6.07) is 6.82. The molecule has 2 aliphatic carbocycles. The quantitative estimate of drug-likeness (QED) is 0.910. The third-order valence-corrected chi connectivity index (χ3v) is 6.26. The molecule has 3 atom stereocenters. The first-order valence-electron chi connectivity index (χ1n) is 8.10. The fraction of sp³-hybridized carbons (Fsp3) is 0.500. The van der Waals surface area contributed by atoms with Gasteiger partial charge in [-0.25, -0.2) is 0 Å². The van der Waals surface area contributed by atoms with E-state index < -0.39 is 0 Å². The maximum Gasteiger partial charge on any atom is 0.0482 e. The molecule has 110 valence electrons. The van der Waals surface area contributed by atoms with Crippen LogP contribution in [0.5, 0.6) is 0 Å². The van der Waals surface area contributed by atoms with Gasteiger partial charge in [-0.2, -0.15) is 0 Å². The molecule has 0 fully saturated rings. The average Bonchev–Trinajstić information content (AvgIpc) is 3.02. The summed E-state index contributed by atoms with van der Waals surface area (Å²) in [6.45, 7) is 0. The lowest BCUT2D eigenvalue weighted by Gasteiger charge is -2.36. The number of nitrogens with two attached hydrogens (primary N) is 1. The number of hydrogen-bond donors (Lipinski definition) is 1. The third-order valence-electron chi connectivity index (χ3n) is 5.27. The molecule has 0 saturated heterocycles. The second-order valence-corrected chi connectivity index (χ2v) is 7.42. The fourth-order valence-electron chi connectivity index (χ4n) is 4.22. The lowest BCUT2D eigenvalue weighted by molar-refractivity contribution is 0.371. The Hall–Kier alpha value is -1.19. The van der Waals surface area contributed by atoms with Gasteiger partial charge in [0.1, 0.15) is 0 Å². The van der Waals surface area contributed by atoms with Crippen molar-refractivity contribution in [3.8, 4) is 0 Å². The van der Waals surface area contributed by atoms with Gasteiger partial charge in [-0.3, -0.25) is 4.98 Å². The van der Waals surface area contributed by atoms with E-state index in [4.69, 9.17) is 5.73 Å². The van der Waals surface area contributed by atoms with Crippen LogP contribution < -0.4 is 5.73 Å². The highest BCUT2D eigenvalue weighted by atomic mass is 32.1. The Kier molecular flexibility index (Phi) is 3.56. The van der Waals surface area contributed by atoms with E-state index in [1.165, 1.54) is 55.3 Å². The van der Waals surface area contributed by atoms with Crippen molar-refractivity contribution in [2.45, 2.75) is 56.4 Å². The molecule has 2 heterocycles. The molecule has 2 aliphatic rings. The first kappa shape index (κ1) is 13.5. The molecule has 0 aliphatic heterocycles. The molecule has 3 unspecified atom stereocenters. The zero-order valence-electron chi connectivity index (χ0n) is 12.3. The summed E-state index contributed by atoms with van der Waals surface area (Å²) in [5.74, 6) is 0.962. The molecule has 0 aromatic carbocycles. The van der Waals surface area contributed by atoms with Gasteiger partial charge in [0.25, 0.3) is 0 Å². The number of fused-ring (bicyclic) bond motifs is 2. The van der Waals surface area contributed by atoms with Crippen molar-refractivity contribution in [3.63, 3.8) is 0 Å². The highest BCUT2D eigenvalue weighted by Gasteiger charge is 2.34. The molecule has 4 rings (SSSR count). The lowest BCUT2D eigenvalue weighted by atomic mass is 9.73. The minimum Gasteiger partial charge on any atom is -0.327 e. The van der Waals surface area contributed by atoms with Crippen LogP contribution in [-0.2, 0) is 12.8 Å². The van der Waals surface area contributed by atoms with Gasteiger partial charge in [-0.15, -0.1) is 11.3 Å². The Labute approximate surface area is 130 Å². The zero-order chi connectivity index (χ0) is 14.2. The molecule has 0 bridgehead atoms. The van der Waals surface area contributed by atoms with E-state index in [-0.39, 0.29) is 6.04 Å². The van der Waals surface area contributed by atoms with Crippen molar-refractivity contribution >= 4 is 11.3 Å². The number of nitrogens with zero attached hydrogens (tertiary/aromatic N) is 1. The first-order chi connectivity index (χ1) is 10.3. The number of thiophene rings is 1. The zero-order valence-corrected chi connectivity index (χ0v) is 13.1. The van der Waals surface area contributed by atoms with Gasteiger partial charge in [-0.05, 0) is 67.2 Å². The van der Waals surface area contributed by atoms with Gasteiger partial charge in [0.2, 0.25) is 0 Å². The summed E-state index contributed by atoms with van der Waals surface area (Å²) in [5, 5.41) is 2.24. The van der Waals surface area contributed by atoms with Crippen LogP contribution in [0.3, 0.4) is 0 Å². The molecular weight excluding hydrogens is 276 g/mol. The van der Waals surface area contributed by atoms with Crippen LogP contribution >= 0.6 is 11.3 Å². The van der Waals surface area contributed by atoms with Crippen molar-refractivity contribution in [1.29, 1.82) is 0 Å². The van der Waals surface area contributed by atoms with Gasteiger partial charge in [0, 0.05) is 34.6 Å². The monoisotopic (exact) mass is 298 g/mol. The van der Waals surface area contributed by atoms with Gasteiger partial charge >= 0.3 is 0 Å². The normalized spacial score (nSPS) is 26.0. The van der Waals surface area contributed by atoms with Crippen molar-refractivity contribution in [2.24, 2.45) is 5.73 Å². The Balaban J connectivity index is 1.67. The van der Waals surface area contributed by atoms with Crippen LogP contribution in [0.1, 0.15) is 59.2 Å². The van der Waals surface area contributed by atoms with Gasteiger partial charge in [0.05, 0.1) is 0 Å². The average molecular weight is 298 g/mol. The second-order valence-electron chi connectivity index (χ2n) is 6.42. The third kappa shape index (κ3) is 2.33. The van der Waals surface area contributed by atoms with Gasteiger partial charge < -0.3 is 5.73 Å². The molecule has 2 nitrogen and oxygen atoms in total. The van der Waals surface area contributed by atoms with Crippen molar-refractivity contribution in [3.05, 3.63) is 51.5 Å². The van der Waals surface area contributed by atoms with E-state index in [1.807, 2.05) is 17.5 Å². The predicted molar refractivity (Wildman–Crippen MR) is 87.9 cm³/mol. The van der Waals surface area contributed by atoms with Crippen molar-refractivity contribution < 1.29 is 0 Å². The van der Waals surface area contributed by atoms with Gasteiger partial charge in [0.15, 0.2) is 0 Å². The van der Waals surface area contributed by atoms with Crippen LogP contribution in [0.15, 0.2) is 29.8 Å². The van der Waals surface area contributed by atoms with E-state index in [0.717, 1.165) is 0 Å². The molecule has 0 saturated carbocycles. The van der Waals surface area contributed by atoms with Crippen LogP contribution in [0.2, 0.25) is 0 Å². The van der Waals surface area contributed by atoms with Crippen LogP contribution in [0.25, 0.3) is 0 Å². The molecule has 2 aromatic heterocycles. The molecule has 2 N–H and O–H groups in total. The summed E-state index contributed by atoms with van der Waals surface area (Å²) in [4.78, 5) is 6.25. The number of hydrogen-bond acceptors (Lipinski definition) is 3. The van der Waals surface area contributed by atoms with E-state index in [9.17, 15) is 0 Å². The number of aryl methyl sites for hydroxylation is 2. The lowest BCUT2D eigenvalue weighted by Crippen LogP contribution is -2.38. The molecule has 0 spiro atoms. The standard InChI is InChI=1S/C18H22N2S/c19-17(14-6-2-8-16-13(14)9-11-21-16)15-7-1-4-12-5-3-10-20-18(12)15/h3,5,9-11,14-15,17H,1-2,4,6-8,19H2. The second kappa shape index (κ2) is 5.54. The molecule has 0 radical (unpaired) electrons. The summed E-state index contributed by atoms with van der Waals surface area (Å²) in [5.41, 5.74) is 11.0. The summed E-state index contributed by atoms with van der Waals surface area (Å²) in [7, 11) is 0. The van der Waals surface area contributed by atoms with Crippen LogP contribution in [0, 0.1) is 0 Å². The number of pyridine rings is 1. The minimum absolute atomic E-state index is 0.215. The minimum atomic E-state index is 0.215. The number of rotatable bonds is 2. The Bertz CT molecular complexity index is 634. The van der Waals surface area contributed by atoms with Crippen LogP contribution in [0.4, 0.5) is 0 Å². The Morgan fingerprint density at radius 2 is 2.00 bits per heavy atom. The maximum absolute atomic E-state index is 6.78. The summed E-state index contributed by atoms with van der Waals surface area (Å²) < 4.78 is 0. The highest BCUT2D eigenvalue weighted by Crippen LogP contribution is 2.42.